The topological polar surface area (TPSA) is 57.7 Å². The number of nitrogens with zero attached hydrogens (tertiary/aromatic N) is 2. The van der Waals surface area contributed by atoms with Gasteiger partial charge in [-0.2, -0.15) is 0 Å². The van der Waals surface area contributed by atoms with Crippen molar-refractivity contribution in [2.24, 2.45) is 0 Å². The molecule has 2 atom stereocenters. The summed E-state index contributed by atoms with van der Waals surface area (Å²) in [5, 5.41) is 0. The van der Waals surface area contributed by atoms with Crippen molar-refractivity contribution in [2.75, 3.05) is 9.21 Å². The van der Waals surface area contributed by atoms with Crippen LogP contribution in [0.1, 0.15) is 31.9 Å². The number of para-hydroxylation sites is 1. The van der Waals surface area contributed by atoms with Gasteiger partial charge in [0.2, 0.25) is 5.91 Å². The number of hydrogen-bond acceptors (Lipinski definition) is 3. The summed E-state index contributed by atoms with van der Waals surface area (Å²) < 4.78 is 29.2. The Kier molecular flexibility index (Phi) is 4.35. The van der Waals surface area contributed by atoms with E-state index in [-0.39, 0.29) is 22.9 Å². The number of anilines is 2. The van der Waals surface area contributed by atoms with Gasteiger partial charge in [-0.25, -0.2) is 8.42 Å². The summed E-state index contributed by atoms with van der Waals surface area (Å²) in [5.74, 6) is -0.0770. The van der Waals surface area contributed by atoms with Crippen molar-refractivity contribution >= 4 is 43.2 Å². The standard InChI is InChI=1S/C20H21BrN2O3S/c1-12-8-16-10-17(21)20(11-19(16)22(12)14(3)24)27(25,26)23-13(2)9-15-6-4-5-7-18(15)23/h4-7,10-13H,8-9H2,1-3H3/t12-,13+/m0/s1. The lowest BCUT2D eigenvalue weighted by Crippen LogP contribution is -2.36. The van der Waals surface area contributed by atoms with E-state index in [9.17, 15) is 13.2 Å². The second-order valence-corrected chi connectivity index (χ2v) is 9.97. The zero-order valence-electron chi connectivity index (χ0n) is 15.4. The second-order valence-electron chi connectivity index (χ2n) is 7.34. The number of hydrogen-bond donors (Lipinski definition) is 0. The molecule has 0 N–H and O–H groups in total. The minimum atomic E-state index is -3.77. The smallest absolute Gasteiger partial charge is 0.265 e. The van der Waals surface area contributed by atoms with Gasteiger partial charge in [-0.3, -0.25) is 9.10 Å². The van der Waals surface area contributed by atoms with E-state index in [1.165, 1.54) is 11.2 Å². The average Bonchev–Trinajstić information content (AvgIpc) is 3.08. The molecule has 2 heterocycles. The Morgan fingerprint density at radius 3 is 2.41 bits per heavy atom. The SMILES string of the molecule is CC(=O)N1c2cc(S(=O)(=O)N3c4ccccc4C[C@H]3C)c(Br)cc2C[C@@H]1C. The number of carbonyl (C=O) groups is 1. The zero-order chi connectivity index (χ0) is 19.5. The van der Waals surface area contributed by atoms with E-state index in [2.05, 4.69) is 15.9 Å². The van der Waals surface area contributed by atoms with Crippen molar-refractivity contribution in [3.63, 3.8) is 0 Å². The van der Waals surface area contributed by atoms with Crippen LogP contribution in [0.15, 0.2) is 45.8 Å². The molecule has 7 heteroatoms. The molecule has 0 saturated carbocycles. The third-order valence-corrected chi connectivity index (χ3v) is 8.26. The maximum Gasteiger partial charge on any atom is 0.265 e. The van der Waals surface area contributed by atoms with Crippen molar-refractivity contribution in [2.45, 2.75) is 50.6 Å². The van der Waals surface area contributed by atoms with Gasteiger partial charge in [0.1, 0.15) is 4.90 Å². The number of carbonyl (C=O) groups excluding carboxylic acids is 1. The van der Waals surface area contributed by atoms with Crippen molar-refractivity contribution < 1.29 is 13.2 Å². The number of rotatable bonds is 2. The summed E-state index contributed by atoms with van der Waals surface area (Å²) in [6, 6.07) is 11.0. The van der Waals surface area contributed by atoms with Gasteiger partial charge in [0, 0.05) is 29.2 Å². The molecule has 0 bridgehead atoms. The van der Waals surface area contributed by atoms with Gasteiger partial charge in [0.25, 0.3) is 10.0 Å². The van der Waals surface area contributed by atoms with Gasteiger partial charge in [-0.1, -0.05) is 18.2 Å². The summed E-state index contributed by atoms with van der Waals surface area (Å²) in [6.07, 6.45) is 1.41. The monoisotopic (exact) mass is 448 g/mol. The lowest BCUT2D eigenvalue weighted by molar-refractivity contribution is -0.116. The molecule has 2 aliphatic heterocycles. The van der Waals surface area contributed by atoms with Crippen molar-refractivity contribution in [3.05, 3.63) is 52.0 Å². The molecule has 0 aromatic heterocycles. The number of benzene rings is 2. The molecule has 2 aromatic carbocycles. The van der Waals surface area contributed by atoms with Crippen LogP contribution >= 0.6 is 15.9 Å². The summed E-state index contributed by atoms with van der Waals surface area (Å²) in [5.41, 5.74) is 3.44. The van der Waals surface area contributed by atoms with Crippen LogP contribution in [0.3, 0.4) is 0 Å². The quantitative estimate of drug-likeness (QED) is 0.699. The van der Waals surface area contributed by atoms with Gasteiger partial charge < -0.3 is 4.90 Å². The minimum Gasteiger partial charge on any atom is -0.309 e. The predicted molar refractivity (Wildman–Crippen MR) is 110 cm³/mol. The number of fused-ring (bicyclic) bond motifs is 2. The van der Waals surface area contributed by atoms with Crippen LogP contribution in [0, 0.1) is 0 Å². The fraction of sp³-hybridized carbons (Fsp3) is 0.350. The summed E-state index contributed by atoms with van der Waals surface area (Å²) in [4.78, 5) is 14.0. The van der Waals surface area contributed by atoms with E-state index in [4.69, 9.17) is 0 Å². The molecule has 0 spiro atoms. The van der Waals surface area contributed by atoms with Gasteiger partial charge in [0.05, 0.1) is 5.69 Å². The molecule has 0 fully saturated rings. The molecule has 2 aliphatic rings. The summed E-state index contributed by atoms with van der Waals surface area (Å²) in [7, 11) is -3.77. The first kappa shape index (κ1) is 18.5. The third-order valence-electron chi connectivity index (χ3n) is 5.37. The Hall–Kier alpha value is -1.86. The summed E-state index contributed by atoms with van der Waals surface area (Å²) >= 11 is 3.46. The molecular formula is C20H21BrN2O3S. The highest BCUT2D eigenvalue weighted by molar-refractivity contribution is 9.10. The van der Waals surface area contributed by atoms with E-state index in [0.29, 0.717) is 16.6 Å². The van der Waals surface area contributed by atoms with E-state index in [1.54, 1.807) is 11.0 Å². The fourth-order valence-corrected chi connectivity index (χ4v) is 7.07. The molecule has 0 aliphatic carbocycles. The highest BCUT2D eigenvalue weighted by Crippen LogP contribution is 2.42. The number of amides is 1. The van der Waals surface area contributed by atoms with Gasteiger partial charge in [-0.15, -0.1) is 0 Å². The van der Waals surface area contributed by atoms with Crippen LogP contribution in [-0.4, -0.2) is 26.4 Å². The van der Waals surface area contributed by atoms with Gasteiger partial charge in [-0.05, 0) is 71.9 Å². The van der Waals surface area contributed by atoms with Crippen molar-refractivity contribution in [3.8, 4) is 0 Å². The van der Waals surface area contributed by atoms with Crippen molar-refractivity contribution in [1.82, 2.24) is 0 Å². The molecule has 2 aromatic rings. The van der Waals surface area contributed by atoms with Crippen LogP contribution in [0.2, 0.25) is 0 Å². The molecule has 1 amide bonds. The molecule has 5 nitrogen and oxygen atoms in total. The van der Waals surface area contributed by atoms with Crippen LogP contribution in [0.25, 0.3) is 0 Å². The Morgan fingerprint density at radius 1 is 1.04 bits per heavy atom. The first-order valence-electron chi connectivity index (χ1n) is 8.96. The van der Waals surface area contributed by atoms with Crippen molar-refractivity contribution in [1.29, 1.82) is 0 Å². The summed E-state index contributed by atoms with van der Waals surface area (Å²) in [6.45, 7) is 5.41. The predicted octanol–water partition coefficient (Wildman–Crippen LogP) is 3.89. The van der Waals surface area contributed by atoms with E-state index < -0.39 is 10.0 Å². The van der Waals surface area contributed by atoms with Gasteiger partial charge >= 0.3 is 0 Å². The normalized spacial score (nSPS) is 21.3. The first-order valence-corrected chi connectivity index (χ1v) is 11.2. The fourth-order valence-electron chi connectivity index (χ4n) is 4.31. The Morgan fingerprint density at radius 2 is 1.70 bits per heavy atom. The number of sulfonamides is 1. The van der Waals surface area contributed by atoms with Crippen LogP contribution < -0.4 is 9.21 Å². The second kappa shape index (κ2) is 6.34. The van der Waals surface area contributed by atoms with Crippen LogP contribution in [0.5, 0.6) is 0 Å². The lowest BCUT2D eigenvalue weighted by Gasteiger charge is -2.26. The minimum absolute atomic E-state index is 0.0220. The number of halogens is 1. The van der Waals surface area contributed by atoms with E-state index >= 15 is 0 Å². The van der Waals surface area contributed by atoms with Crippen LogP contribution in [0.4, 0.5) is 11.4 Å². The molecule has 27 heavy (non-hydrogen) atoms. The molecule has 142 valence electrons. The molecule has 0 saturated heterocycles. The Balaban J connectivity index is 1.86. The molecular weight excluding hydrogens is 428 g/mol. The molecule has 0 radical (unpaired) electrons. The zero-order valence-corrected chi connectivity index (χ0v) is 17.8. The maximum atomic E-state index is 13.6. The first-order chi connectivity index (χ1) is 12.7. The van der Waals surface area contributed by atoms with Gasteiger partial charge in [0.15, 0.2) is 0 Å². The maximum absolute atomic E-state index is 13.6. The van der Waals surface area contributed by atoms with E-state index in [0.717, 1.165) is 23.2 Å². The largest absolute Gasteiger partial charge is 0.309 e. The molecule has 0 unspecified atom stereocenters. The molecule has 4 rings (SSSR count). The van der Waals surface area contributed by atoms with Crippen LogP contribution in [-0.2, 0) is 27.7 Å². The third kappa shape index (κ3) is 2.79. The highest BCUT2D eigenvalue weighted by atomic mass is 79.9. The van der Waals surface area contributed by atoms with E-state index in [1.807, 2.05) is 44.2 Å². The Bertz CT molecular complexity index is 1050. The Labute approximate surface area is 168 Å². The lowest BCUT2D eigenvalue weighted by atomic mass is 10.1. The average molecular weight is 449 g/mol. The highest BCUT2D eigenvalue weighted by Gasteiger charge is 2.39.